The second-order valence-electron chi connectivity index (χ2n) is 3.48. The van der Waals surface area contributed by atoms with Crippen LogP contribution in [0, 0.1) is 11.3 Å². The van der Waals surface area contributed by atoms with E-state index in [2.05, 4.69) is 4.99 Å². The van der Waals surface area contributed by atoms with Crippen molar-refractivity contribution < 1.29 is 9.90 Å². The molecular weight excluding hydrogens is 216 g/mol. The Morgan fingerprint density at radius 3 is 2.71 bits per heavy atom. The summed E-state index contributed by atoms with van der Waals surface area (Å²) in [6.45, 7) is 2.78. The number of Topliss-reactive ketones (excluding diaryl/α,β-unsaturated/α-hetero) is 1. The zero-order valence-electron chi connectivity index (χ0n) is 9.64. The second-order valence-corrected chi connectivity index (χ2v) is 3.48. The molecule has 0 aliphatic heterocycles. The minimum Gasteiger partial charge on any atom is -0.512 e. The van der Waals surface area contributed by atoms with Crippen molar-refractivity contribution in [3.8, 4) is 6.07 Å². The molecule has 0 unspecified atom stereocenters. The van der Waals surface area contributed by atoms with Crippen LogP contribution in [0.5, 0.6) is 0 Å². The number of ketones is 1. The van der Waals surface area contributed by atoms with Crippen LogP contribution in [0.2, 0.25) is 0 Å². The number of benzene rings is 1. The molecule has 0 aliphatic carbocycles. The van der Waals surface area contributed by atoms with E-state index in [0.29, 0.717) is 11.3 Å². The molecule has 0 saturated carbocycles. The summed E-state index contributed by atoms with van der Waals surface area (Å²) in [5.41, 5.74) is 1.21. The number of carbonyl (C=O) groups excluding carboxylic acids is 1. The first-order valence-electron chi connectivity index (χ1n) is 4.99. The standard InChI is InChI=1S/C13H12N2O2/c1-9(16)13(10(2)17)8-15-12-5-3-4-11(6-12)7-14/h3-6,8,16H,1-2H3. The molecule has 1 aromatic carbocycles. The topological polar surface area (TPSA) is 73.5 Å². The predicted molar refractivity (Wildman–Crippen MR) is 65.3 cm³/mol. The van der Waals surface area contributed by atoms with Crippen molar-refractivity contribution in [2.24, 2.45) is 4.99 Å². The number of nitriles is 1. The van der Waals surface area contributed by atoms with Crippen molar-refractivity contribution in [1.82, 2.24) is 0 Å². The molecule has 0 amide bonds. The molecule has 4 nitrogen and oxygen atoms in total. The van der Waals surface area contributed by atoms with Gasteiger partial charge in [-0.2, -0.15) is 5.26 Å². The highest BCUT2D eigenvalue weighted by molar-refractivity contribution is 6.12. The van der Waals surface area contributed by atoms with Crippen molar-refractivity contribution in [3.05, 3.63) is 41.2 Å². The normalized spacial score (nSPS) is 12.1. The number of carbonyl (C=O) groups is 1. The predicted octanol–water partition coefficient (Wildman–Crippen LogP) is 2.68. The molecule has 0 saturated heterocycles. The molecule has 0 aromatic heterocycles. The smallest absolute Gasteiger partial charge is 0.164 e. The number of aliphatic hydroxyl groups is 1. The molecule has 1 aromatic rings. The number of aliphatic hydroxyl groups excluding tert-OH is 1. The summed E-state index contributed by atoms with van der Waals surface area (Å²) in [6, 6.07) is 8.67. The third-order valence-electron chi connectivity index (χ3n) is 2.09. The second kappa shape index (κ2) is 5.61. The van der Waals surface area contributed by atoms with E-state index in [1.54, 1.807) is 24.3 Å². The van der Waals surface area contributed by atoms with Gasteiger partial charge in [-0.15, -0.1) is 0 Å². The van der Waals surface area contributed by atoms with Gasteiger partial charge in [0.15, 0.2) is 5.78 Å². The lowest BCUT2D eigenvalue weighted by Crippen LogP contribution is -2.01. The molecule has 1 rings (SSSR count). The van der Waals surface area contributed by atoms with Gasteiger partial charge in [0.2, 0.25) is 0 Å². The van der Waals surface area contributed by atoms with Gasteiger partial charge in [-0.25, -0.2) is 0 Å². The molecule has 0 fully saturated rings. The lowest BCUT2D eigenvalue weighted by atomic mass is 10.2. The lowest BCUT2D eigenvalue weighted by molar-refractivity contribution is -0.113. The summed E-state index contributed by atoms with van der Waals surface area (Å²) in [5.74, 6) is -0.331. The fourth-order valence-corrected chi connectivity index (χ4v) is 1.23. The number of allylic oxidation sites excluding steroid dienone is 2. The van der Waals surface area contributed by atoms with E-state index in [0.717, 1.165) is 0 Å². The van der Waals surface area contributed by atoms with Crippen LogP contribution < -0.4 is 0 Å². The summed E-state index contributed by atoms with van der Waals surface area (Å²) < 4.78 is 0. The number of nitrogens with zero attached hydrogens (tertiary/aromatic N) is 2. The van der Waals surface area contributed by atoms with E-state index < -0.39 is 0 Å². The molecule has 0 radical (unpaired) electrons. The molecule has 1 N–H and O–H groups in total. The van der Waals surface area contributed by atoms with Crippen LogP contribution in [0.4, 0.5) is 5.69 Å². The molecule has 0 aliphatic rings. The Bertz CT molecular complexity index is 533. The fraction of sp³-hybridized carbons (Fsp3) is 0.154. The quantitative estimate of drug-likeness (QED) is 0.491. The van der Waals surface area contributed by atoms with Gasteiger partial charge in [-0.05, 0) is 32.0 Å². The third kappa shape index (κ3) is 3.58. The molecule has 17 heavy (non-hydrogen) atoms. The first kappa shape index (κ1) is 12.7. The Balaban J connectivity index is 3.02. The van der Waals surface area contributed by atoms with Gasteiger partial charge in [-0.3, -0.25) is 9.79 Å². The van der Waals surface area contributed by atoms with Gasteiger partial charge in [0.05, 0.1) is 22.9 Å². The van der Waals surface area contributed by atoms with Gasteiger partial charge < -0.3 is 5.11 Å². The summed E-state index contributed by atoms with van der Waals surface area (Å²) in [7, 11) is 0. The highest BCUT2D eigenvalue weighted by atomic mass is 16.3. The van der Waals surface area contributed by atoms with Crippen molar-refractivity contribution in [3.63, 3.8) is 0 Å². The molecule has 0 atom stereocenters. The van der Waals surface area contributed by atoms with Gasteiger partial charge >= 0.3 is 0 Å². The van der Waals surface area contributed by atoms with Crippen LogP contribution >= 0.6 is 0 Å². The number of hydrogen-bond donors (Lipinski definition) is 1. The van der Waals surface area contributed by atoms with E-state index in [9.17, 15) is 9.90 Å². The Kier molecular flexibility index (Phi) is 4.18. The van der Waals surface area contributed by atoms with Crippen LogP contribution in [-0.2, 0) is 4.79 Å². The first-order chi connectivity index (χ1) is 8.04. The van der Waals surface area contributed by atoms with Crippen LogP contribution in [-0.4, -0.2) is 17.1 Å². The van der Waals surface area contributed by atoms with E-state index in [1.165, 1.54) is 20.1 Å². The van der Waals surface area contributed by atoms with Crippen molar-refractivity contribution in [1.29, 1.82) is 5.26 Å². The Labute approximate surface area is 99.5 Å². The third-order valence-corrected chi connectivity index (χ3v) is 2.09. The SMILES string of the molecule is CC(=O)C(C=Nc1cccc(C#N)c1)=C(C)O. The first-order valence-corrected chi connectivity index (χ1v) is 4.99. The fourth-order valence-electron chi connectivity index (χ4n) is 1.23. The number of aliphatic imine (C=N–C) groups is 1. The van der Waals surface area contributed by atoms with Crippen LogP contribution in [0.1, 0.15) is 19.4 Å². The van der Waals surface area contributed by atoms with Crippen molar-refractivity contribution in [2.45, 2.75) is 13.8 Å². The van der Waals surface area contributed by atoms with Crippen LogP contribution in [0.15, 0.2) is 40.6 Å². The molecule has 4 heteroatoms. The Morgan fingerprint density at radius 1 is 1.47 bits per heavy atom. The molecule has 0 spiro atoms. The van der Waals surface area contributed by atoms with Gasteiger partial charge in [0.1, 0.15) is 5.76 Å². The van der Waals surface area contributed by atoms with Gasteiger partial charge in [0, 0.05) is 6.21 Å². The lowest BCUT2D eigenvalue weighted by Gasteiger charge is -1.98. The van der Waals surface area contributed by atoms with Crippen LogP contribution in [0.25, 0.3) is 0 Å². The highest BCUT2D eigenvalue weighted by Gasteiger charge is 2.04. The Hall–Kier alpha value is -2.41. The van der Waals surface area contributed by atoms with E-state index in [1.807, 2.05) is 6.07 Å². The average Bonchev–Trinajstić information content (AvgIpc) is 2.28. The highest BCUT2D eigenvalue weighted by Crippen LogP contribution is 2.13. The average molecular weight is 228 g/mol. The molecular formula is C13H12N2O2. The minimum atomic E-state index is -0.259. The largest absolute Gasteiger partial charge is 0.512 e. The Morgan fingerprint density at radius 2 is 2.18 bits per heavy atom. The summed E-state index contributed by atoms with van der Waals surface area (Å²) in [5, 5.41) is 18.0. The summed E-state index contributed by atoms with van der Waals surface area (Å²) in [6.07, 6.45) is 1.30. The maximum absolute atomic E-state index is 11.2. The maximum Gasteiger partial charge on any atom is 0.164 e. The molecule has 0 bridgehead atoms. The summed E-state index contributed by atoms with van der Waals surface area (Å²) >= 11 is 0. The van der Waals surface area contributed by atoms with E-state index >= 15 is 0 Å². The monoisotopic (exact) mass is 228 g/mol. The molecule has 86 valence electrons. The van der Waals surface area contributed by atoms with Gasteiger partial charge in [-0.1, -0.05) is 6.07 Å². The van der Waals surface area contributed by atoms with Crippen molar-refractivity contribution in [2.75, 3.05) is 0 Å². The van der Waals surface area contributed by atoms with Gasteiger partial charge in [0.25, 0.3) is 0 Å². The zero-order valence-corrected chi connectivity index (χ0v) is 9.64. The van der Waals surface area contributed by atoms with Crippen molar-refractivity contribution >= 4 is 17.7 Å². The zero-order chi connectivity index (χ0) is 12.8. The van der Waals surface area contributed by atoms with E-state index in [4.69, 9.17) is 5.26 Å². The minimum absolute atomic E-state index is 0.0716. The van der Waals surface area contributed by atoms with Crippen LogP contribution in [0.3, 0.4) is 0 Å². The maximum atomic E-state index is 11.2. The number of rotatable bonds is 3. The summed E-state index contributed by atoms with van der Waals surface area (Å²) in [4.78, 5) is 15.2. The molecule has 0 heterocycles. The van der Waals surface area contributed by atoms with E-state index in [-0.39, 0.29) is 17.1 Å². The number of hydrogen-bond acceptors (Lipinski definition) is 4.